The number of carbonyl (C=O) groups is 1. The summed E-state index contributed by atoms with van der Waals surface area (Å²) >= 11 is 0. The smallest absolute Gasteiger partial charge is 0.234 e. The minimum absolute atomic E-state index is 0.130. The van der Waals surface area contributed by atoms with Crippen LogP contribution in [-0.2, 0) is 14.8 Å². The SMILES string of the molecule is CCCCC1(CCC)CC(=N)N(CCC2CCN(S(C)(=O)=O)C2)C1=O. The molecule has 2 unspecified atom stereocenters. The minimum atomic E-state index is -3.12. The molecule has 0 aromatic heterocycles. The van der Waals surface area contributed by atoms with E-state index in [1.54, 1.807) is 4.90 Å². The molecule has 25 heavy (non-hydrogen) atoms. The van der Waals surface area contributed by atoms with Crippen LogP contribution in [0.1, 0.15) is 65.2 Å². The maximum atomic E-state index is 13.0. The summed E-state index contributed by atoms with van der Waals surface area (Å²) in [7, 11) is -3.12. The number of hydrogen-bond donors (Lipinski definition) is 1. The minimum Gasteiger partial charge on any atom is -0.300 e. The van der Waals surface area contributed by atoms with Crippen molar-refractivity contribution in [3.05, 3.63) is 0 Å². The lowest BCUT2D eigenvalue weighted by Gasteiger charge is -2.27. The summed E-state index contributed by atoms with van der Waals surface area (Å²) in [5, 5.41) is 8.32. The molecular weight excluding hydrogens is 338 g/mol. The molecule has 2 rings (SSSR count). The van der Waals surface area contributed by atoms with Crippen molar-refractivity contribution < 1.29 is 13.2 Å². The number of amides is 1. The van der Waals surface area contributed by atoms with Gasteiger partial charge in [0.2, 0.25) is 15.9 Å². The fraction of sp³-hybridized carbons (Fsp3) is 0.889. The predicted molar refractivity (Wildman–Crippen MR) is 100 cm³/mol. The van der Waals surface area contributed by atoms with Crippen LogP contribution >= 0.6 is 0 Å². The summed E-state index contributed by atoms with van der Waals surface area (Å²) in [5.74, 6) is 0.866. The van der Waals surface area contributed by atoms with E-state index in [-0.39, 0.29) is 17.2 Å². The predicted octanol–water partition coefficient (Wildman–Crippen LogP) is 2.84. The molecular formula is C18H33N3O3S. The number of nitrogens with zero attached hydrogens (tertiary/aromatic N) is 2. The normalized spacial score (nSPS) is 28.3. The monoisotopic (exact) mass is 371 g/mol. The third-order valence-corrected chi connectivity index (χ3v) is 7.02. The highest BCUT2D eigenvalue weighted by atomic mass is 32.2. The zero-order valence-electron chi connectivity index (χ0n) is 15.9. The summed E-state index contributed by atoms with van der Waals surface area (Å²) in [6, 6.07) is 0. The lowest BCUT2D eigenvalue weighted by molar-refractivity contribution is -0.135. The van der Waals surface area contributed by atoms with Gasteiger partial charge in [-0.1, -0.05) is 33.1 Å². The van der Waals surface area contributed by atoms with Crippen molar-refractivity contribution >= 4 is 21.8 Å². The van der Waals surface area contributed by atoms with E-state index in [9.17, 15) is 13.2 Å². The average molecular weight is 372 g/mol. The molecule has 1 amide bonds. The number of unbranched alkanes of at least 4 members (excludes halogenated alkanes) is 1. The Balaban J connectivity index is 1.96. The maximum absolute atomic E-state index is 13.0. The highest BCUT2D eigenvalue weighted by molar-refractivity contribution is 7.88. The van der Waals surface area contributed by atoms with Crippen LogP contribution in [0.2, 0.25) is 0 Å². The molecule has 2 aliphatic rings. The number of hydrogen-bond acceptors (Lipinski definition) is 4. The second kappa shape index (κ2) is 8.16. The number of carbonyl (C=O) groups excluding carboxylic acids is 1. The summed E-state index contributed by atoms with van der Waals surface area (Å²) in [6.07, 6.45) is 8.23. The van der Waals surface area contributed by atoms with Crippen LogP contribution in [0.25, 0.3) is 0 Å². The van der Waals surface area contributed by atoms with E-state index >= 15 is 0 Å². The van der Waals surface area contributed by atoms with Gasteiger partial charge in [-0.3, -0.25) is 10.2 Å². The molecule has 1 N–H and O–H groups in total. The molecule has 6 nitrogen and oxygen atoms in total. The lowest BCUT2D eigenvalue weighted by Crippen LogP contribution is -2.37. The van der Waals surface area contributed by atoms with Crippen LogP contribution in [0.4, 0.5) is 0 Å². The van der Waals surface area contributed by atoms with Gasteiger partial charge < -0.3 is 4.90 Å². The van der Waals surface area contributed by atoms with Gasteiger partial charge in [-0.2, -0.15) is 0 Å². The molecule has 2 saturated heterocycles. The molecule has 0 bridgehead atoms. The van der Waals surface area contributed by atoms with Crippen molar-refractivity contribution in [3.63, 3.8) is 0 Å². The van der Waals surface area contributed by atoms with Crippen molar-refractivity contribution in [1.82, 2.24) is 9.21 Å². The molecule has 0 aliphatic carbocycles. The Bertz CT molecular complexity index is 605. The Kier molecular flexibility index (Phi) is 6.65. The first-order valence-corrected chi connectivity index (χ1v) is 11.4. The summed E-state index contributed by atoms with van der Waals surface area (Å²) in [5.41, 5.74) is -0.365. The second-order valence-electron chi connectivity index (χ2n) is 7.78. The van der Waals surface area contributed by atoms with Gasteiger partial charge in [0.1, 0.15) is 5.84 Å². The maximum Gasteiger partial charge on any atom is 0.234 e. The van der Waals surface area contributed by atoms with Gasteiger partial charge in [0.25, 0.3) is 0 Å². The van der Waals surface area contributed by atoms with E-state index < -0.39 is 10.0 Å². The van der Waals surface area contributed by atoms with Crippen LogP contribution in [0.3, 0.4) is 0 Å². The Morgan fingerprint density at radius 1 is 1.24 bits per heavy atom. The average Bonchev–Trinajstić information content (AvgIpc) is 3.09. The molecule has 2 fully saturated rings. The Morgan fingerprint density at radius 2 is 1.96 bits per heavy atom. The zero-order chi connectivity index (χ0) is 18.7. The summed E-state index contributed by atoms with van der Waals surface area (Å²) < 4.78 is 24.8. The summed E-state index contributed by atoms with van der Waals surface area (Å²) in [6.45, 7) is 5.91. The molecule has 0 saturated carbocycles. The molecule has 0 aromatic rings. The third-order valence-electron chi connectivity index (χ3n) is 5.75. The van der Waals surface area contributed by atoms with E-state index in [4.69, 9.17) is 5.41 Å². The lowest BCUT2D eigenvalue weighted by atomic mass is 9.77. The van der Waals surface area contributed by atoms with Crippen molar-refractivity contribution in [2.24, 2.45) is 11.3 Å². The first-order valence-electron chi connectivity index (χ1n) is 9.58. The Labute approximate surface area is 152 Å². The molecule has 144 valence electrons. The molecule has 0 aromatic carbocycles. The van der Waals surface area contributed by atoms with E-state index in [2.05, 4.69) is 13.8 Å². The van der Waals surface area contributed by atoms with Crippen molar-refractivity contribution in [3.8, 4) is 0 Å². The zero-order valence-corrected chi connectivity index (χ0v) is 16.7. The van der Waals surface area contributed by atoms with Crippen LogP contribution in [0, 0.1) is 16.7 Å². The Hall–Kier alpha value is -0.950. The van der Waals surface area contributed by atoms with Gasteiger partial charge in [0, 0.05) is 26.1 Å². The number of likely N-dealkylation sites (tertiary alicyclic amines) is 1. The molecule has 0 spiro atoms. The van der Waals surface area contributed by atoms with Gasteiger partial charge in [0.05, 0.1) is 11.7 Å². The van der Waals surface area contributed by atoms with Gasteiger partial charge in [-0.25, -0.2) is 12.7 Å². The molecule has 7 heteroatoms. The van der Waals surface area contributed by atoms with Crippen molar-refractivity contribution in [1.29, 1.82) is 5.41 Å². The first-order chi connectivity index (χ1) is 11.7. The molecule has 2 aliphatic heterocycles. The fourth-order valence-electron chi connectivity index (χ4n) is 4.29. The van der Waals surface area contributed by atoms with Crippen LogP contribution in [0.5, 0.6) is 0 Å². The van der Waals surface area contributed by atoms with Crippen LogP contribution < -0.4 is 0 Å². The highest BCUT2D eigenvalue weighted by Gasteiger charge is 2.48. The Morgan fingerprint density at radius 3 is 2.52 bits per heavy atom. The van der Waals surface area contributed by atoms with E-state index in [1.165, 1.54) is 10.6 Å². The van der Waals surface area contributed by atoms with Gasteiger partial charge in [-0.15, -0.1) is 0 Å². The van der Waals surface area contributed by atoms with E-state index in [1.807, 2.05) is 0 Å². The quantitative estimate of drug-likeness (QED) is 0.676. The summed E-state index contributed by atoms with van der Waals surface area (Å²) in [4.78, 5) is 14.7. The van der Waals surface area contributed by atoms with Crippen LogP contribution in [-0.4, -0.2) is 55.3 Å². The van der Waals surface area contributed by atoms with E-state index in [0.29, 0.717) is 31.9 Å². The van der Waals surface area contributed by atoms with Crippen molar-refractivity contribution in [2.75, 3.05) is 25.9 Å². The fourth-order valence-corrected chi connectivity index (χ4v) is 5.21. The number of amidine groups is 1. The largest absolute Gasteiger partial charge is 0.300 e. The first kappa shape index (κ1) is 20.4. The van der Waals surface area contributed by atoms with Gasteiger partial charge in [-0.05, 0) is 31.6 Å². The third kappa shape index (κ3) is 4.61. The standard InChI is InChI=1S/C18H33N3O3S/c1-4-6-10-18(9-5-2)13-16(19)21(17(18)22)12-8-15-7-11-20(14-15)25(3,23)24/h15,19H,4-14H2,1-3H3. The highest BCUT2D eigenvalue weighted by Crippen LogP contribution is 2.42. The second-order valence-corrected chi connectivity index (χ2v) is 9.76. The van der Waals surface area contributed by atoms with E-state index in [0.717, 1.165) is 44.9 Å². The van der Waals surface area contributed by atoms with Crippen LogP contribution in [0.15, 0.2) is 0 Å². The van der Waals surface area contributed by atoms with Crippen molar-refractivity contribution in [2.45, 2.75) is 65.2 Å². The van der Waals surface area contributed by atoms with Gasteiger partial charge in [0.15, 0.2) is 0 Å². The molecule has 0 radical (unpaired) electrons. The molecule has 2 atom stereocenters. The topological polar surface area (TPSA) is 81.5 Å². The number of rotatable bonds is 9. The molecule has 2 heterocycles. The number of sulfonamides is 1. The number of nitrogens with one attached hydrogen (secondary N) is 1. The van der Waals surface area contributed by atoms with Gasteiger partial charge >= 0.3 is 0 Å².